The fourth-order valence-electron chi connectivity index (χ4n) is 4.43. The van der Waals surface area contributed by atoms with E-state index in [9.17, 15) is 8.42 Å². The fraction of sp³-hybridized carbons (Fsp3) is 0.520. The number of sulfonamides is 1. The predicted octanol–water partition coefficient (Wildman–Crippen LogP) is 3.46. The molecule has 1 saturated heterocycles. The lowest BCUT2D eigenvalue weighted by Gasteiger charge is -2.31. The molecule has 4 heterocycles. The fourth-order valence-corrected chi connectivity index (χ4v) is 4.97. The molecule has 2 N–H and O–H groups in total. The summed E-state index contributed by atoms with van der Waals surface area (Å²) in [5.74, 6) is 1.89. The molecule has 0 amide bonds. The van der Waals surface area contributed by atoms with Crippen molar-refractivity contribution in [1.82, 2.24) is 19.9 Å². The summed E-state index contributed by atoms with van der Waals surface area (Å²) < 4.78 is 37.9. The second kappa shape index (κ2) is 12.3. The molecule has 5 rings (SSSR count). The standard InChI is InChI=1S/C23H29N7O4S.C2H6/c1-35(31,32)29-17-13-19-20(26-15-17)14-21(30-9-11-33-12-10-30)28-22(19)34-18-5-3-16(4-6-18)27-23-24-7-2-8-25-23;1-2/h2,7-8,13-16,18,29H,3-6,9-12H2,1H3,(H,24,25,27);1-2H3. The summed E-state index contributed by atoms with van der Waals surface area (Å²) in [7, 11) is -3.43. The van der Waals surface area contributed by atoms with Crippen LogP contribution >= 0.6 is 0 Å². The van der Waals surface area contributed by atoms with Crippen molar-refractivity contribution in [1.29, 1.82) is 0 Å². The van der Waals surface area contributed by atoms with Crippen LogP contribution in [-0.4, -0.2) is 73.1 Å². The van der Waals surface area contributed by atoms with E-state index in [2.05, 4.69) is 29.9 Å². The molecule has 1 aliphatic carbocycles. The Morgan fingerprint density at radius 3 is 2.41 bits per heavy atom. The van der Waals surface area contributed by atoms with E-state index in [0.717, 1.165) is 50.8 Å². The molecule has 0 aromatic carbocycles. The van der Waals surface area contributed by atoms with Crippen molar-refractivity contribution in [2.24, 2.45) is 0 Å². The van der Waals surface area contributed by atoms with Gasteiger partial charge in [0.25, 0.3) is 0 Å². The zero-order valence-corrected chi connectivity index (χ0v) is 22.4. The first-order valence-corrected chi connectivity index (χ1v) is 14.6. The molecule has 12 heteroatoms. The highest BCUT2D eigenvalue weighted by Crippen LogP contribution is 2.33. The van der Waals surface area contributed by atoms with Crippen LogP contribution in [0.15, 0.2) is 36.8 Å². The van der Waals surface area contributed by atoms with Crippen LogP contribution in [0, 0.1) is 0 Å². The molecule has 0 spiro atoms. The maximum Gasteiger partial charge on any atom is 0.229 e. The van der Waals surface area contributed by atoms with Gasteiger partial charge in [-0.05, 0) is 37.8 Å². The van der Waals surface area contributed by atoms with Gasteiger partial charge in [-0.25, -0.2) is 18.4 Å². The minimum Gasteiger partial charge on any atom is -0.474 e. The molecule has 3 aromatic rings. The highest BCUT2D eigenvalue weighted by Gasteiger charge is 2.25. The van der Waals surface area contributed by atoms with E-state index >= 15 is 0 Å². The molecule has 0 unspecified atom stereocenters. The molecule has 3 aromatic heterocycles. The minimum atomic E-state index is -3.43. The van der Waals surface area contributed by atoms with Gasteiger partial charge in [0.15, 0.2) is 0 Å². The molecule has 200 valence electrons. The Balaban J connectivity index is 0.00000156. The van der Waals surface area contributed by atoms with Crippen LogP contribution in [0.4, 0.5) is 17.5 Å². The van der Waals surface area contributed by atoms with Crippen LogP contribution < -0.4 is 19.7 Å². The van der Waals surface area contributed by atoms with Gasteiger partial charge < -0.3 is 19.7 Å². The van der Waals surface area contributed by atoms with Crippen LogP contribution in [0.3, 0.4) is 0 Å². The summed E-state index contributed by atoms with van der Waals surface area (Å²) in [6, 6.07) is 5.73. The second-order valence-corrected chi connectivity index (χ2v) is 10.6. The van der Waals surface area contributed by atoms with Crippen molar-refractivity contribution in [3.63, 3.8) is 0 Å². The highest BCUT2D eigenvalue weighted by molar-refractivity contribution is 7.92. The topological polar surface area (TPSA) is 131 Å². The number of ether oxygens (including phenoxy) is 2. The minimum absolute atomic E-state index is 0.00750. The van der Waals surface area contributed by atoms with E-state index in [4.69, 9.17) is 14.5 Å². The van der Waals surface area contributed by atoms with Crippen molar-refractivity contribution in [2.45, 2.75) is 51.7 Å². The lowest BCUT2D eigenvalue weighted by molar-refractivity contribution is 0.122. The van der Waals surface area contributed by atoms with Gasteiger partial charge in [-0.15, -0.1) is 0 Å². The SMILES string of the molecule is CC.CS(=O)(=O)Nc1cnc2cc(N3CCOCC3)nc(OC3CCC(Nc4ncccn4)CC3)c2c1. The molecule has 37 heavy (non-hydrogen) atoms. The number of hydrogen-bond acceptors (Lipinski definition) is 10. The largest absolute Gasteiger partial charge is 0.474 e. The second-order valence-electron chi connectivity index (χ2n) is 8.86. The van der Waals surface area contributed by atoms with Gasteiger partial charge in [0, 0.05) is 37.6 Å². The van der Waals surface area contributed by atoms with Crippen molar-refractivity contribution in [3.05, 3.63) is 36.8 Å². The quantitative estimate of drug-likeness (QED) is 0.469. The maximum atomic E-state index is 11.7. The van der Waals surface area contributed by atoms with Gasteiger partial charge >= 0.3 is 0 Å². The molecule has 0 bridgehead atoms. The van der Waals surface area contributed by atoms with E-state index in [0.29, 0.717) is 41.6 Å². The number of nitrogens with one attached hydrogen (secondary N) is 2. The monoisotopic (exact) mass is 529 g/mol. The molecule has 2 fully saturated rings. The highest BCUT2D eigenvalue weighted by atomic mass is 32.2. The van der Waals surface area contributed by atoms with Crippen molar-refractivity contribution in [2.75, 3.05) is 47.5 Å². The predicted molar refractivity (Wildman–Crippen MR) is 145 cm³/mol. The lowest BCUT2D eigenvalue weighted by atomic mass is 9.93. The molecular weight excluding hydrogens is 494 g/mol. The zero-order chi connectivity index (χ0) is 26.3. The molecule has 1 saturated carbocycles. The third-order valence-electron chi connectivity index (χ3n) is 6.12. The summed E-state index contributed by atoms with van der Waals surface area (Å²) in [5, 5.41) is 4.06. The van der Waals surface area contributed by atoms with Crippen LogP contribution in [0.2, 0.25) is 0 Å². The van der Waals surface area contributed by atoms with Gasteiger partial charge in [-0.1, -0.05) is 13.8 Å². The van der Waals surface area contributed by atoms with Crippen molar-refractivity contribution in [3.8, 4) is 5.88 Å². The number of morpholine rings is 1. The first-order valence-electron chi connectivity index (χ1n) is 12.7. The number of nitrogens with zero attached hydrogens (tertiary/aromatic N) is 5. The summed E-state index contributed by atoms with van der Waals surface area (Å²) in [6.45, 7) is 6.76. The summed E-state index contributed by atoms with van der Waals surface area (Å²) in [6.07, 6.45) is 9.61. The van der Waals surface area contributed by atoms with Crippen molar-refractivity contribution < 1.29 is 17.9 Å². The molecular formula is C25H35N7O4S. The van der Waals surface area contributed by atoms with Gasteiger partial charge in [0.2, 0.25) is 21.9 Å². The first kappa shape index (κ1) is 26.8. The third kappa shape index (κ3) is 7.39. The smallest absolute Gasteiger partial charge is 0.229 e. The van der Waals surface area contributed by atoms with E-state index in [1.54, 1.807) is 24.5 Å². The van der Waals surface area contributed by atoms with Gasteiger partial charge in [-0.3, -0.25) is 9.71 Å². The van der Waals surface area contributed by atoms with Crippen LogP contribution in [-0.2, 0) is 14.8 Å². The molecule has 11 nitrogen and oxygen atoms in total. The maximum absolute atomic E-state index is 11.7. The van der Waals surface area contributed by atoms with E-state index in [1.807, 2.05) is 19.9 Å². The zero-order valence-electron chi connectivity index (χ0n) is 21.6. The molecule has 0 radical (unpaired) electrons. The average molecular weight is 530 g/mol. The average Bonchev–Trinajstić information content (AvgIpc) is 2.91. The van der Waals surface area contributed by atoms with Crippen molar-refractivity contribution >= 4 is 38.4 Å². The van der Waals surface area contributed by atoms with Gasteiger partial charge in [-0.2, -0.15) is 4.98 Å². The summed E-state index contributed by atoms with van der Waals surface area (Å²) in [5.41, 5.74) is 1.08. The first-order chi connectivity index (χ1) is 17.9. The van der Waals surface area contributed by atoms with Gasteiger partial charge in [0.05, 0.1) is 42.3 Å². The Hall–Kier alpha value is -3.25. The number of anilines is 3. The Labute approximate surface area is 218 Å². The number of aromatic nitrogens is 4. The van der Waals surface area contributed by atoms with E-state index < -0.39 is 10.0 Å². The Bertz CT molecular complexity index is 1260. The van der Waals surface area contributed by atoms with Crippen LogP contribution in [0.5, 0.6) is 5.88 Å². The third-order valence-corrected chi connectivity index (χ3v) is 6.73. The number of rotatable bonds is 7. The van der Waals surface area contributed by atoms with E-state index in [1.165, 1.54) is 6.20 Å². The number of hydrogen-bond donors (Lipinski definition) is 2. The van der Waals surface area contributed by atoms with Crippen LogP contribution in [0.1, 0.15) is 39.5 Å². The summed E-state index contributed by atoms with van der Waals surface area (Å²) in [4.78, 5) is 20.0. The molecule has 2 aliphatic rings. The lowest BCUT2D eigenvalue weighted by Crippen LogP contribution is -2.37. The Morgan fingerprint density at radius 2 is 1.73 bits per heavy atom. The number of pyridine rings is 2. The summed E-state index contributed by atoms with van der Waals surface area (Å²) >= 11 is 0. The Kier molecular flexibility index (Phi) is 8.93. The molecule has 1 aliphatic heterocycles. The van der Waals surface area contributed by atoms with Crippen LogP contribution in [0.25, 0.3) is 10.9 Å². The number of fused-ring (bicyclic) bond motifs is 1. The van der Waals surface area contributed by atoms with E-state index in [-0.39, 0.29) is 12.1 Å². The van der Waals surface area contributed by atoms with Gasteiger partial charge in [0.1, 0.15) is 11.9 Å². The Morgan fingerprint density at radius 1 is 1.03 bits per heavy atom. The molecule has 0 atom stereocenters. The normalized spacial score (nSPS) is 20.0.